The smallest absolute Gasteiger partial charge is 0.315 e. The molecule has 2 N–H and O–H groups in total. The molecule has 0 aliphatic rings. The number of hydrogen-bond donors (Lipinski definition) is 2. The number of aromatic nitrogens is 3. The van der Waals surface area contributed by atoms with E-state index < -0.39 is 0 Å². The van der Waals surface area contributed by atoms with Gasteiger partial charge in [0.05, 0.1) is 6.54 Å². The Morgan fingerprint density at radius 2 is 2.06 bits per heavy atom. The van der Waals surface area contributed by atoms with Crippen molar-refractivity contribution in [1.82, 2.24) is 20.5 Å². The summed E-state index contributed by atoms with van der Waals surface area (Å²) in [5.41, 5.74) is 1.22. The molecule has 2 aromatic heterocycles. The van der Waals surface area contributed by atoms with Gasteiger partial charge in [0, 0.05) is 18.9 Å². The van der Waals surface area contributed by atoms with Crippen LogP contribution in [0.5, 0.6) is 0 Å². The van der Waals surface area contributed by atoms with Gasteiger partial charge in [-0.25, -0.2) is 0 Å². The molecule has 0 aliphatic carbocycles. The highest BCUT2D eigenvalue weighted by molar-refractivity contribution is 5.19. The summed E-state index contributed by atoms with van der Waals surface area (Å²) < 4.78 is 5.35. The lowest BCUT2D eigenvalue weighted by atomic mass is 10.2. The summed E-state index contributed by atoms with van der Waals surface area (Å²) in [7, 11) is 1.83. The van der Waals surface area contributed by atoms with Crippen LogP contribution < -0.4 is 10.6 Å². The van der Waals surface area contributed by atoms with Crippen LogP contribution in [0.4, 0.5) is 6.01 Å². The number of pyridine rings is 1. The van der Waals surface area contributed by atoms with Crippen LogP contribution in [0.2, 0.25) is 0 Å². The molecule has 0 unspecified atom stereocenters. The first-order valence-electron chi connectivity index (χ1n) is 5.48. The van der Waals surface area contributed by atoms with Crippen LogP contribution in [0.1, 0.15) is 11.5 Å². The molecule has 0 amide bonds. The Bertz CT molecular complexity index is 442. The lowest BCUT2D eigenvalue weighted by Gasteiger charge is -2.00. The highest BCUT2D eigenvalue weighted by atomic mass is 16.4. The van der Waals surface area contributed by atoms with Crippen molar-refractivity contribution < 1.29 is 4.42 Å². The van der Waals surface area contributed by atoms with Crippen LogP contribution in [0.3, 0.4) is 0 Å². The molecular formula is C11H15N5O. The van der Waals surface area contributed by atoms with Gasteiger partial charge >= 0.3 is 6.01 Å². The van der Waals surface area contributed by atoms with Gasteiger partial charge in [0.15, 0.2) is 0 Å². The van der Waals surface area contributed by atoms with Crippen LogP contribution in [0, 0.1) is 0 Å². The molecule has 2 heterocycles. The van der Waals surface area contributed by atoms with Crippen LogP contribution in [-0.4, -0.2) is 28.8 Å². The fourth-order valence-electron chi connectivity index (χ4n) is 1.41. The molecular weight excluding hydrogens is 218 g/mol. The van der Waals surface area contributed by atoms with E-state index in [9.17, 15) is 0 Å². The van der Waals surface area contributed by atoms with E-state index in [1.165, 1.54) is 5.56 Å². The first kappa shape index (κ1) is 11.5. The largest absolute Gasteiger partial charge is 0.407 e. The second-order valence-corrected chi connectivity index (χ2v) is 3.56. The van der Waals surface area contributed by atoms with E-state index in [4.69, 9.17) is 4.42 Å². The van der Waals surface area contributed by atoms with Gasteiger partial charge in [-0.2, -0.15) is 0 Å². The van der Waals surface area contributed by atoms with Crippen LogP contribution >= 0.6 is 0 Å². The van der Waals surface area contributed by atoms with Crippen LogP contribution in [0.15, 0.2) is 28.9 Å². The molecule has 2 rings (SSSR count). The third-order valence-electron chi connectivity index (χ3n) is 2.23. The number of hydrogen-bond acceptors (Lipinski definition) is 6. The van der Waals surface area contributed by atoms with E-state index in [1.807, 2.05) is 19.2 Å². The zero-order valence-corrected chi connectivity index (χ0v) is 9.68. The highest BCUT2D eigenvalue weighted by Gasteiger charge is 2.03. The Morgan fingerprint density at radius 3 is 2.82 bits per heavy atom. The van der Waals surface area contributed by atoms with Crippen molar-refractivity contribution in [2.24, 2.45) is 0 Å². The Hall–Kier alpha value is -1.95. The maximum absolute atomic E-state index is 5.35. The number of anilines is 1. The molecule has 0 bridgehead atoms. The molecule has 0 saturated carbocycles. The molecule has 0 radical (unpaired) electrons. The SMILES string of the molecule is CNCc1nnc(NCCc2ccncc2)o1. The van der Waals surface area contributed by atoms with Gasteiger partial charge in [0.25, 0.3) is 0 Å². The van der Waals surface area contributed by atoms with Gasteiger partial charge < -0.3 is 15.1 Å². The van der Waals surface area contributed by atoms with Crippen LogP contribution in [-0.2, 0) is 13.0 Å². The van der Waals surface area contributed by atoms with E-state index in [0.29, 0.717) is 18.5 Å². The second kappa shape index (κ2) is 5.95. The van der Waals surface area contributed by atoms with Crippen molar-refractivity contribution >= 4 is 6.01 Å². The fraction of sp³-hybridized carbons (Fsp3) is 0.364. The Balaban J connectivity index is 1.78. The van der Waals surface area contributed by atoms with Gasteiger partial charge in [-0.05, 0) is 31.2 Å². The first-order valence-corrected chi connectivity index (χ1v) is 5.48. The van der Waals surface area contributed by atoms with Gasteiger partial charge in [-0.1, -0.05) is 5.10 Å². The predicted molar refractivity (Wildman–Crippen MR) is 63.5 cm³/mol. The standard InChI is InChI=1S/C11H15N5O/c1-12-8-10-15-16-11(17-10)14-7-4-9-2-5-13-6-3-9/h2-3,5-6,12H,4,7-8H2,1H3,(H,14,16). The van der Waals surface area contributed by atoms with Gasteiger partial charge in [-0.3, -0.25) is 4.98 Å². The summed E-state index contributed by atoms with van der Waals surface area (Å²) >= 11 is 0. The van der Waals surface area contributed by atoms with Gasteiger partial charge in [0.1, 0.15) is 0 Å². The fourth-order valence-corrected chi connectivity index (χ4v) is 1.41. The minimum Gasteiger partial charge on any atom is -0.407 e. The molecule has 0 fully saturated rings. The van der Waals surface area contributed by atoms with Crippen molar-refractivity contribution in [3.8, 4) is 0 Å². The molecule has 6 nitrogen and oxygen atoms in total. The molecule has 90 valence electrons. The predicted octanol–water partition coefficient (Wildman–Crippen LogP) is 0.839. The monoisotopic (exact) mass is 233 g/mol. The number of nitrogens with zero attached hydrogens (tertiary/aromatic N) is 3. The van der Waals surface area contributed by atoms with E-state index in [2.05, 4.69) is 25.8 Å². The molecule has 2 aromatic rings. The van der Waals surface area contributed by atoms with Crippen molar-refractivity contribution in [1.29, 1.82) is 0 Å². The molecule has 6 heteroatoms. The Kier molecular flexibility index (Phi) is 4.04. The van der Waals surface area contributed by atoms with Crippen molar-refractivity contribution in [2.45, 2.75) is 13.0 Å². The molecule has 0 aliphatic heterocycles. The topological polar surface area (TPSA) is 75.9 Å². The van der Waals surface area contributed by atoms with Crippen molar-refractivity contribution in [3.05, 3.63) is 36.0 Å². The maximum Gasteiger partial charge on any atom is 0.315 e. The summed E-state index contributed by atoms with van der Waals surface area (Å²) in [5, 5.41) is 13.8. The third-order valence-corrected chi connectivity index (χ3v) is 2.23. The molecule has 17 heavy (non-hydrogen) atoms. The zero-order chi connectivity index (χ0) is 11.9. The summed E-state index contributed by atoms with van der Waals surface area (Å²) in [6.45, 7) is 1.34. The molecule has 0 saturated heterocycles. The van der Waals surface area contributed by atoms with Crippen molar-refractivity contribution in [3.63, 3.8) is 0 Å². The summed E-state index contributed by atoms with van der Waals surface area (Å²) in [4.78, 5) is 3.97. The minimum atomic E-state index is 0.462. The van der Waals surface area contributed by atoms with E-state index in [-0.39, 0.29) is 0 Å². The zero-order valence-electron chi connectivity index (χ0n) is 9.68. The molecule has 0 spiro atoms. The summed E-state index contributed by atoms with van der Waals surface area (Å²) in [6, 6.07) is 4.44. The van der Waals surface area contributed by atoms with Gasteiger partial charge in [-0.15, -0.1) is 5.10 Å². The van der Waals surface area contributed by atoms with E-state index in [0.717, 1.165) is 13.0 Å². The average Bonchev–Trinajstić information content (AvgIpc) is 2.79. The lowest BCUT2D eigenvalue weighted by Crippen LogP contribution is -2.05. The number of rotatable bonds is 6. The lowest BCUT2D eigenvalue weighted by molar-refractivity contribution is 0.489. The normalized spacial score (nSPS) is 10.4. The highest BCUT2D eigenvalue weighted by Crippen LogP contribution is 2.05. The molecule has 0 atom stereocenters. The Morgan fingerprint density at radius 1 is 1.24 bits per heavy atom. The summed E-state index contributed by atoms with van der Waals surface area (Å²) in [5.74, 6) is 0.582. The Labute approximate surface area is 99.5 Å². The molecule has 0 aromatic carbocycles. The van der Waals surface area contributed by atoms with Crippen LogP contribution in [0.25, 0.3) is 0 Å². The second-order valence-electron chi connectivity index (χ2n) is 3.56. The van der Waals surface area contributed by atoms with Gasteiger partial charge in [0.2, 0.25) is 5.89 Å². The van der Waals surface area contributed by atoms with Crippen molar-refractivity contribution in [2.75, 3.05) is 18.9 Å². The third kappa shape index (κ3) is 3.53. The minimum absolute atomic E-state index is 0.462. The quantitative estimate of drug-likeness (QED) is 0.770. The first-order chi connectivity index (χ1) is 8.38. The average molecular weight is 233 g/mol. The number of nitrogens with one attached hydrogen (secondary N) is 2. The maximum atomic E-state index is 5.35. The van der Waals surface area contributed by atoms with E-state index in [1.54, 1.807) is 12.4 Å². The summed E-state index contributed by atoms with van der Waals surface area (Å²) in [6.07, 6.45) is 4.46. The van der Waals surface area contributed by atoms with E-state index >= 15 is 0 Å².